The fraction of sp³-hybridized carbons (Fsp3) is 0.691. The molecule has 0 N–H and O–H groups in total. The van der Waals surface area contributed by atoms with E-state index in [1.165, 1.54) is 27.7 Å². The Morgan fingerprint density at radius 2 is 0.771 bits per heavy atom. The number of unbranched alkanes of at least 4 members (excludes halogenated alkanes) is 2. The van der Waals surface area contributed by atoms with Crippen molar-refractivity contribution in [1.82, 2.24) is 4.90 Å². The molecule has 6 saturated heterocycles. The lowest BCUT2D eigenvalue weighted by molar-refractivity contribution is -0.376. The number of hydrogen-bond donors (Lipinski definition) is 0. The summed E-state index contributed by atoms with van der Waals surface area (Å²) in [4.78, 5) is 109. The molecule has 0 aromatic heterocycles. The van der Waals surface area contributed by atoms with Crippen LogP contribution < -0.4 is 0 Å². The van der Waals surface area contributed by atoms with Crippen molar-refractivity contribution >= 4 is 42.3 Å². The largest absolute Gasteiger partial charge is 0.457 e. The number of nitrogens with zero attached hydrogens (tertiary/aromatic N) is 10. The van der Waals surface area contributed by atoms with Crippen molar-refractivity contribution in [3.05, 3.63) is 139 Å². The highest BCUT2D eigenvalue weighted by Gasteiger charge is 2.58. The second kappa shape index (κ2) is 48.3. The molecule has 0 radical (unpaired) electrons. The van der Waals surface area contributed by atoms with Gasteiger partial charge in [0.15, 0.2) is 56.1 Å². The second-order valence-corrected chi connectivity index (χ2v) is 30.0. The van der Waals surface area contributed by atoms with Gasteiger partial charge in [-0.3, -0.25) is 19.2 Å². The third-order valence-electron chi connectivity index (χ3n) is 21.9. The molecule has 1 amide bonds. The Kier molecular flexibility index (Phi) is 39.3. The highest BCUT2D eigenvalue weighted by atomic mass is 16.8. The van der Waals surface area contributed by atoms with Gasteiger partial charge >= 0.3 is 42.3 Å². The van der Waals surface area contributed by atoms with Crippen molar-refractivity contribution < 1.29 is 128 Å². The van der Waals surface area contributed by atoms with Crippen LogP contribution in [0.3, 0.4) is 0 Å². The minimum absolute atomic E-state index is 0.0146. The van der Waals surface area contributed by atoms with Crippen LogP contribution in [-0.4, -0.2) is 208 Å². The van der Waals surface area contributed by atoms with E-state index in [2.05, 4.69) is 30.1 Å². The maximum Gasteiger partial charge on any atom is 0.410 e. The van der Waals surface area contributed by atoms with Gasteiger partial charge < -0.3 is 90.2 Å². The zero-order valence-electron chi connectivity index (χ0n) is 69.3. The van der Waals surface area contributed by atoms with E-state index in [1.54, 1.807) is 25.7 Å². The topological polar surface area (TPSA) is 469 Å². The first-order valence-corrected chi connectivity index (χ1v) is 39.9. The lowest BCUT2D eigenvalue weighted by atomic mass is 9.85. The van der Waals surface area contributed by atoms with Gasteiger partial charge in [-0.1, -0.05) is 169 Å². The van der Waals surface area contributed by atoms with Crippen LogP contribution in [-0.2, 0) is 143 Å². The van der Waals surface area contributed by atoms with E-state index in [-0.39, 0.29) is 32.1 Å². The average molecular weight is 1660 g/mol. The zero-order chi connectivity index (χ0) is 86.3. The van der Waals surface area contributed by atoms with Crippen molar-refractivity contribution in [3.8, 4) is 0 Å². The molecule has 12 unspecified atom stereocenters. The second-order valence-electron chi connectivity index (χ2n) is 30.0. The molecule has 6 aliphatic heterocycles. The van der Waals surface area contributed by atoms with Crippen molar-refractivity contribution in [1.29, 1.82) is 0 Å². The summed E-state index contributed by atoms with van der Waals surface area (Å²) in [6.07, 6.45) is -18.4. The number of carbonyl (C=O) groups excluding carboxylic acids is 9. The predicted molar refractivity (Wildman–Crippen MR) is 409 cm³/mol. The van der Waals surface area contributed by atoms with Gasteiger partial charge in [0.2, 0.25) is 6.29 Å². The Morgan fingerprint density at radius 3 is 1.22 bits per heavy atom. The molecule has 37 nitrogen and oxygen atoms in total. The summed E-state index contributed by atoms with van der Waals surface area (Å²) >= 11 is 0. The fourth-order valence-corrected chi connectivity index (χ4v) is 15.7. The molecule has 6 fully saturated rings. The van der Waals surface area contributed by atoms with E-state index in [0.717, 1.165) is 16.7 Å². The fourth-order valence-electron chi connectivity index (χ4n) is 15.7. The molecule has 648 valence electrons. The zero-order valence-corrected chi connectivity index (χ0v) is 69.3. The van der Waals surface area contributed by atoms with Crippen LogP contribution >= 0.6 is 0 Å². The molecule has 37 heteroatoms. The van der Waals surface area contributed by atoms with Gasteiger partial charge in [0.05, 0.1) is 79.7 Å². The molecule has 6 heterocycles. The van der Waals surface area contributed by atoms with Gasteiger partial charge in [-0.15, -0.1) is 0 Å². The van der Waals surface area contributed by atoms with Crippen LogP contribution in [0.5, 0.6) is 0 Å². The summed E-state index contributed by atoms with van der Waals surface area (Å²) < 4.78 is 117. The molecular formula is C81H112N10O27. The molecule has 3 aromatic rings. The van der Waals surface area contributed by atoms with Crippen LogP contribution in [0.1, 0.15) is 159 Å². The first kappa shape index (κ1) is 96.1. The van der Waals surface area contributed by atoms with Gasteiger partial charge in [0.25, 0.3) is 0 Å². The van der Waals surface area contributed by atoms with Gasteiger partial charge in [-0.2, -0.15) is 19.2 Å². The average Bonchev–Trinajstić information content (AvgIpc) is 0.767. The van der Waals surface area contributed by atoms with Gasteiger partial charge in [0.1, 0.15) is 18.8 Å². The molecule has 30 atom stereocenters. The molecule has 0 aliphatic carbocycles. The number of ether oxygens (including phenoxy) is 18. The van der Waals surface area contributed by atoms with Crippen molar-refractivity contribution in [2.75, 3.05) is 13.2 Å². The molecule has 3 aromatic carbocycles. The number of hydrogen-bond acceptors (Lipinski definition) is 30. The van der Waals surface area contributed by atoms with E-state index < -0.39 is 213 Å². The molecule has 0 bridgehead atoms. The van der Waals surface area contributed by atoms with Crippen LogP contribution in [0.25, 0.3) is 31.3 Å². The minimum Gasteiger partial charge on any atom is -0.457 e. The first-order chi connectivity index (χ1) is 56.6. The highest BCUT2D eigenvalue weighted by molar-refractivity contribution is 5.68. The third-order valence-corrected chi connectivity index (χ3v) is 21.9. The van der Waals surface area contributed by atoms with Gasteiger partial charge in [-0.05, 0) is 103 Å². The van der Waals surface area contributed by atoms with Crippen LogP contribution in [0.2, 0.25) is 0 Å². The van der Waals surface area contributed by atoms with Crippen molar-refractivity contribution in [2.24, 2.45) is 50.9 Å². The number of carbonyl (C=O) groups is 5. The van der Waals surface area contributed by atoms with E-state index in [1.807, 2.05) is 146 Å². The molecule has 0 spiro atoms. The third kappa shape index (κ3) is 26.5. The number of benzene rings is 3. The number of esters is 4. The molecule has 0 saturated carbocycles. The number of amides is 1. The Morgan fingerprint density at radius 1 is 0.390 bits per heavy atom. The smallest absolute Gasteiger partial charge is 0.410 e. The Bertz CT molecular complexity index is 3840. The quantitative estimate of drug-likeness (QED) is 0.0134. The maximum absolute atomic E-state index is 13.5. The standard InChI is InChI=1S/C79H112N10O23.2CO2/c1-16-57-64(44(6)60(83-86-80)73(104-57)95-38-30-22-29-37-89(39-54-31-23-19-24-32-54)79(94)97-41-56-35-27-21-28-36-56)108-76-68(101-51(13)91)47(9)63(48(10)98-76)107-74-61(84-87-81)45(7)66(59(18-3)105-74)110-78-71(102-52(14)92)70(96-40-55-33-25-20-26-34-55)69(49(11)99-78)111-75-62(85-88-82)46(8)65(58(17-2)106-75)109-77-67(100-50(12)90)42(4)43(5)72(112-77)103-53(15)93;2*2-1-3/h19-21,23-28,31-36,42-49,57-78H,16-18,22,29-30,37-41H2,1-15H3;;/t42?,43-,44?,45?,46?,47?,48-,49?,57-,58-,59?,60?,61-,62?,63-,64-,65-,66-,67?,68?,69+,70+,71?,72+,73-,74+,75+,76-,77+,78-;;/m0../s1. The van der Waals surface area contributed by atoms with E-state index >= 15 is 0 Å². The summed E-state index contributed by atoms with van der Waals surface area (Å²) in [5.74, 6) is -5.91. The highest BCUT2D eigenvalue weighted by Crippen LogP contribution is 2.45. The molecular weight excluding hydrogens is 1540 g/mol. The van der Waals surface area contributed by atoms with Gasteiger partial charge in [0, 0.05) is 79.9 Å². The van der Waals surface area contributed by atoms with E-state index in [0.29, 0.717) is 51.6 Å². The van der Waals surface area contributed by atoms with E-state index in [4.69, 9.17) is 104 Å². The lowest BCUT2D eigenvalue weighted by Crippen LogP contribution is -2.65. The molecule has 6 aliphatic rings. The monoisotopic (exact) mass is 1660 g/mol. The normalized spacial score (nSPS) is 34.2. The lowest BCUT2D eigenvalue weighted by Gasteiger charge is -2.52. The number of azide groups is 3. The SMILES string of the molecule is CCC1O[C@H](O[C@H]2C(C)C(OC(C)=O)[C@H](O[C@H]3C(C)C(N=[N+]=[N-])[C@@H](OCCCCCN(Cc4ccccc4)C(=O)OCc4ccccc4)O[C@H]3CC)O[C@H]2C)[C@@H](N=[N+]=[N-])C(C)[C@@H]1O[C@@H]1OC(C)[C@@H](O[C@H]2O[C@@H](CC)[C@@H](O[C@@H]3O[C@@H](OC(C)=O)[C@@H](C)C(C)C3OC(C)=O)C(C)C2N=[N+]=[N-])[C@@H](OCc2ccccc2)C1OC(C)=O.O=C=O.O=C=O. The Balaban J connectivity index is 0.00000311. The summed E-state index contributed by atoms with van der Waals surface area (Å²) in [6, 6.07) is 25.5. The van der Waals surface area contributed by atoms with Crippen LogP contribution in [0, 0.1) is 35.5 Å². The maximum atomic E-state index is 13.5. The summed E-state index contributed by atoms with van der Waals surface area (Å²) in [5.41, 5.74) is 33.1. The Hall–Kier alpha value is -9.02. The minimum atomic E-state index is -1.40. The Labute approximate surface area is 685 Å². The summed E-state index contributed by atoms with van der Waals surface area (Å²) in [7, 11) is 0. The molecule has 118 heavy (non-hydrogen) atoms. The van der Waals surface area contributed by atoms with Crippen molar-refractivity contribution in [3.63, 3.8) is 0 Å². The van der Waals surface area contributed by atoms with Crippen LogP contribution in [0.4, 0.5) is 4.79 Å². The predicted octanol–water partition coefficient (Wildman–Crippen LogP) is 12.1. The first-order valence-electron chi connectivity index (χ1n) is 39.9. The number of rotatable bonds is 34. The van der Waals surface area contributed by atoms with E-state index in [9.17, 15) is 40.6 Å². The van der Waals surface area contributed by atoms with Gasteiger partial charge in [-0.25, -0.2) is 4.79 Å². The summed E-state index contributed by atoms with van der Waals surface area (Å²) in [5, 5.41) is 12.6. The van der Waals surface area contributed by atoms with Crippen molar-refractivity contribution in [2.45, 2.75) is 310 Å². The van der Waals surface area contributed by atoms with Crippen LogP contribution in [0.15, 0.2) is 106 Å². The molecule has 9 rings (SSSR count). The summed E-state index contributed by atoms with van der Waals surface area (Å²) in [6.45, 7) is 26.4.